The Labute approximate surface area is 183 Å². The van der Waals surface area contributed by atoms with Gasteiger partial charge in [-0.25, -0.2) is 0 Å². The van der Waals surface area contributed by atoms with Gasteiger partial charge in [-0.2, -0.15) is 0 Å². The molecule has 0 unspecified atom stereocenters. The summed E-state index contributed by atoms with van der Waals surface area (Å²) in [6.07, 6.45) is 7.79. The Balaban J connectivity index is 1.61. The van der Waals surface area contributed by atoms with Gasteiger partial charge in [0.2, 0.25) is 5.91 Å². The van der Waals surface area contributed by atoms with Gasteiger partial charge >= 0.3 is 0 Å². The third kappa shape index (κ3) is 7.31. The highest BCUT2D eigenvalue weighted by Gasteiger charge is 2.14. The Bertz CT molecular complexity index is 862. The van der Waals surface area contributed by atoms with E-state index >= 15 is 0 Å². The molecule has 3 rings (SSSR count). The number of hydrogen-bond donors (Lipinski definition) is 1. The van der Waals surface area contributed by atoms with Gasteiger partial charge in [0.05, 0.1) is 13.2 Å². The molecule has 7 nitrogen and oxygen atoms in total. The van der Waals surface area contributed by atoms with Gasteiger partial charge in [-0.1, -0.05) is 12.1 Å². The van der Waals surface area contributed by atoms with Crippen molar-refractivity contribution in [2.24, 2.45) is 0 Å². The van der Waals surface area contributed by atoms with E-state index in [4.69, 9.17) is 4.74 Å². The first-order valence-electron chi connectivity index (χ1n) is 10.6. The summed E-state index contributed by atoms with van der Waals surface area (Å²) in [7, 11) is 1.60. The van der Waals surface area contributed by atoms with Gasteiger partial charge in [0.15, 0.2) is 0 Å². The summed E-state index contributed by atoms with van der Waals surface area (Å²) in [5.41, 5.74) is 2.52. The standard InChI is InChI=1S/C24H30N4O3/c1-25-24(30)22-6-3-20(4-7-22)5-8-23(29)28(19-21-9-11-26-12-10-21)14-2-13-27-15-17-31-18-16-27/h3-12H,2,13-19H2,1H3,(H,25,30)/b8-5+. The molecule has 7 heteroatoms. The Morgan fingerprint density at radius 3 is 2.52 bits per heavy atom. The summed E-state index contributed by atoms with van der Waals surface area (Å²) in [6, 6.07) is 11.0. The number of pyridine rings is 1. The van der Waals surface area contributed by atoms with Crippen molar-refractivity contribution in [3.05, 3.63) is 71.6 Å². The number of benzene rings is 1. The zero-order chi connectivity index (χ0) is 21.9. The van der Waals surface area contributed by atoms with E-state index in [0.29, 0.717) is 18.7 Å². The van der Waals surface area contributed by atoms with Crippen LogP contribution in [0.25, 0.3) is 6.08 Å². The number of morpholine rings is 1. The molecule has 1 aromatic carbocycles. The molecular formula is C24H30N4O3. The van der Waals surface area contributed by atoms with Crippen molar-refractivity contribution in [3.8, 4) is 0 Å². The van der Waals surface area contributed by atoms with Gasteiger partial charge in [-0.15, -0.1) is 0 Å². The Morgan fingerprint density at radius 1 is 1.13 bits per heavy atom. The summed E-state index contributed by atoms with van der Waals surface area (Å²) in [5.74, 6) is -0.162. The Kier molecular flexibility index (Phi) is 8.75. The third-order valence-corrected chi connectivity index (χ3v) is 5.26. The lowest BCUT2D eigenvalue weighted by molar-refractivity contribution is -0.126. The summed E-state index contributed by atoms with van der Waals surface area (Å²) in [5, 5.41) is 2.60. The minimum Gasteiger partial charge on any atom is -0.379 e. The van der Waals surface area contributed by atoms with Gasteiger partial charge in [0.1, 0.15) is 0 Å². The normalized spacial score (nSPS) is 14.5. The van der Waals surface area contributed by atoms with Gasteiger partial charge < -0.3 is 15.0 Å². The average Bonchev–Trinajstić information content (AvgIpc) is 2.83. The van der Waals surface area contributed by atoms with Crippen LogP contribution in [0.1, 0.15) is 27.9 Å². The zero-order valence-electron chi connectivity index (χ0n) is 18.0. The lowest BCUT2D eigenvalue weighted by Crippen LogP contribution is -2.38. The lowest BCUT2D eigenvalue weighted by atomic mass is 10.1. The van der Waals surface area contributed by atoms with E-state index in [9.17, 15) is 9.59 Å². The van der Waals surface area contributed by atoms with Crippen molar-refractivity contribution in [2.45, 2.75) is 13.0 Å². The second-order valence-corrected chi connectivity index (χ2v) is 7.46. The number of ether oxygens (including phenoxy) is 1. The van der Waals surface area contributed by atoms with Crippen LogP contribution in [0.2, 0.25) is 0 Å². The number of nitrogens with one attached hydrogen (secondary N) is 1. The van der Waals surface area contributed by atoms with E-state index in [1.54, 1.807) is 43.7 Å². The van der Waals surface area contributed by atoms with Crippen LogP contribution >= 0.6 is 0 Å². The number of nitrogens with zero attached hydrogens (tertiary/aromatic N) is 3. The molecule has 0 aliphatic carbocycles. The number of rotatable bonds is 9. The van der Waals surface area contributed by atoms with Crippen molar-refractivity contribution in [2.75, 3.05) is 46.4 Å². The average molecular weight is 423 g/mol. The molecule has 0 saturated carbocycles. The monoisotopic (exact) mass is 422 g/mol. The van der Waals surface area contributed by atoms with Crippen LogP contribution in [0.5, 0.6) is 0 Å². The third-order valence-electron chi connectivity index (χ3n) is 5.26. The fraction of sp³-hybridized carbons (Fsp3) is 0.375. The summed E-state index contributed by atoms with van der Waals surface area (Å²) in [6.45, 7) is 5.63. The Morgan fingerprint density at radius 2 is 1.84 bits per heavy atom. The van der Waals surface area contributed by atoms with E-state index in [2.05, 4.69) is 15.2 Å². The topological polar surface area (TPSA) is 74.8 Å². The molecule has 0 bridgehead atoms. The molecule has 0 spiro atoms. The highest BCUT2D eigenvalue weighted by Crippen LogP contribution is 2.10. The molecule has 1 saturated heterocycles. The van der Waals surface area contributed by atoms with Crippen LogP contribution in [0, 0.1) is 0 Å². The second kappa shape index (κ2) is 12.0. The molecule has 2 heterocycles. The van der Waals surface area contributed by atoms with E-state index in [1.165, 1.54) is 0 Å². The Hall–Kier alpha value is -3.03. The van der Waals surface area contributed by atoms with E-state index in [1.807, 2.05) is 29.2 Å². The van der Waals surface area contributed by atoms with E-state index in [0.717, 1.165) is 50.4 Å². The highest BCUT2D eigenvalue weighted by atomic mass is 16.5. The minimum atomic E-state index is -0.129. The predicted octanol–water partition coefficient (Wildman–Crippen LogP) is 2.21. The van der Waals surface area contributed by atoms with Crippen molar-refractivity contribution in [1.29, 1.82) is 0 Å². The van der Waals surface area contributed by atoms with Gasteiger partial charge in [-0.3, -0.25) is 19.5 Å². The molecule has 164 valence electrons. The van der Waals surface area contributed by atoms with Crippen molar-refractivity contribution in [1.82, 2.24) is 20.1 Å². The highest BCUT2D eigenvalue weighted by molar-refractivity contribution is 5.94. The van der Waals surface area contributed by atoms with Gasteiger partial charge in [0, 0.05) is 63.8 Å². The SMILES string of the molecule is CNC(=O)c1ccc(/C=C/C(=O)N(CCCN2CCOCC2)Cc2ccncc2)cc1. The number of amides is 2. The van der Waals surface area contributed by atoms with E-state index < -0.39 is 0 Å². The minimum absolute atomic E-state index is 0.0332. The van der Waals surface area contributed by atoms with Crippen LogP contribution in [0.15, 0.2) is 54.9 Å². The summed E-state index contributed by atoms with van der Waals surface area (Å²) >= 11 is 0. The molecule has 2 aromatic rings. The largest absolute Gasteiger partial charge is 0.379 e. The van der Waals surface area contributed by atoms with Crippen LogP contribution in [-0.2, 0) is 16.1 Å². The second-order valence-electron chi connectivity index (χ2n) is 7.46. The number of aromatic nitrogens is 1. The van der Waals surface area contributed by atoms with Crippen molar-refractivity contribution < 1.29 is 14.3 Å². The van der Waals surface area contributed by atoms with Crippen molar-refractivity contribution in [3.63, 3.8) is 0 Å². The lowest BCUT2D eigenvalue weighted by Gasteiger charge is -2.28. The fourth-order valence-electron chi connectivity index (χ4n) is 3.45. The first kappa shape index (κ1) is 22.7. The first-order valence-corrected chi connectivity index (χ1v) is 10.6. The molecule has 31 heavy (non-hydrogen) atoms. The molecular weight excluding hydrogens is 392 g/mol. The van der Waals surface area contributed by atoms with Crippen LogP contribution < -0.4 is 5.32 Å². The molecule has 1 aromatic heterocycles. The number of hydrogen-bond acceptors (Lipinski definition) is 5. The van der Waals surface area contributed by atoms with Crippen LogP contribution in [-0.4, -0.2) is 73.0 Å². The number of carbonyl (C=O) groups excluding carboxylic acids is 2. The first-order chi connectivity index (χ1) is 15.2. The maximum absolute atomic E-state index is 13.0. The molecule has 0 atom stereocenters. The maximum Gasteiger partial charge on any atom is 0.251 e. The maximum atomic E-state index is 13.0. The molecule has 1 N–H and O–H groups in total. The summed E-state index contributed by atoms with van der Waals surface area (Å²) in [4.78, 5) is 32.9. The van der Waals surface area contributed by atoms with E-state index in [-0.39, 0.29) is 11.8 Å². The molecule has 1 fully saturated rings. The molecule has 2 amide bonds. The number of carbonyl (C=O) groups is 2. The van der Waals surface area contributed by atoms with Gasteiger partial charge in [0.25, 0.3) is 5.91 Å². The van der Waals surface area contributed by atoms with Crippen molar-refractivity contribution >= 4 is 17.9 Å². The van der Waals surface area contributed by atoms with Crippen LogP contribution in [0.4, 0.5) is 0 Å². The summed E-state index contributed by atoms with van der Waals surface area (Å²) < 4.78 is 5.40. The molecule has 1 aliphatic heterocycles. The van der Waals surface area contributed by atoms with Crippen LogP contribution in [0.3, 0.4) is 0 Å². The smallest absolute Gasteiger partial charge is 0.251 e. The quantitative estimate of drug-likeness (QED) is 0.627. The predicted molar refractivity (Wildman–Crippen MR) is 120 cm³/mol. The molecule has 0 radical (unpaired) electrons. The zero-order valence-corrected chi connectivity index (χ0v) is 18.0. The fourth-order valence-corrected chi connectivity index (χ4v) is 3.45. The molecule has 1 aliphatic rings. The van der Waals surface area contributed by atoms with Gasteiger partial charge in [-0.05, 0) is 47.9 Å².